The SMILES string of the molecule is CC(C)Cc1nc2cc(Oc3c(Cl)cc(CC(F)C(=O)O)cc3Cl)ccc2[nH]1. The third-order valence-corrected chi connectivity index (χ3v) is 4.63. The van der Waals surface area contributed by atoms with Crippen LogP contribution in [0.4, 0.5) is 4.39 Å². The van der Waals surface area contributed by atoms with E-state index in [9.17, 15) is 9.18 Å². The van der Waals surface area contributed by atoms with Gasteiger partial charge in [0.1, 0.15) is 11.6 Å². The van der Waals surface area contributed by atoms with E-state index in [1.165, 1.54) is 12.1 Å². The molecule has 0 aliphatic heterocycles. The fourth-order valence-corrected chi connectivity index (χ4v) is 3.43. The summed E-state index contributed by atoms with van der Waals surface area (Å²) in [5, 5.41) is 9.03. The molecule has 0 aliphatic carbocycles. The molecule has 2 N–H and O–H groups in total. The Morgan fingerprint density at radius 3 is 2.50 bits per heavy atom. The molecule has 28 heavy (non-hydrogen) atoms. The summed E-state index contributed by atoms with van der Waals surface area (Å²) in [5.41, 5.74) is 2.04. The fourth-order valence-electron chi connectivity index (χ4n) is 2.83. The Labute approximate surface area is 171 Å². The number of hydrogen-bond donors (Lipinski definition) is 2. The number of aromatic amines is 1. The average molecular weight is 425 g/mol. The molecular formula is C20H19Cl2FN2O3. The van der Waals surface area contributed by atoms with Crippen molar-refractivity contribution in [3.05, 3.63) is 51.8 Å². The van der Waals surface area contributed by atoms with Gasteiger partial charge in [-0.15, -0.1) is 0 Å². The Balaban J connectivity index is 1.83. The molecule has 1 aromatic heterocycles. The molecule has 2 aromatic carbocycles. The number of fused-ring (bicyclic) bond motifs is 1. The van der Waals surface area contributed by atoms with Crippen LogP contribution >= 0.6 is 23.2 Å². The van der Waals surface area contributed by atoms with Gasteiger partial charge in [-0.25, -0.2) is 14.2 Å². The summed E-state index contributed by atoms with van der Waals surface area (Å²) >= 11 is 12.5. The number of benzene rings is 2. The van der Waals surface area contributed by atoms with E-state index in [1.807, 2.05) is 6.07 Å². The van der Waals surface area contributed by atoms with Crippen molar-refractivity contribution in [1.82, 2.24) is 9.97 Å². The molecule has 1 atom stereocenters. The Kier molecular flexibility index (Phi) is 6.10. The molecule has 0 saturated carbocycles. The van der Waals surface area contributed by atoms with Crippen LogP contribution in [0.1, 0.15) is 25.2 Å². The largest absolute Gasteiger partial charge is 0.479 e. The molecule has 0 spiro atoms. The van der Waals surface area contributed by atoms with Crippen molar-refractivity contribution in [2.24, 2.45) is 5.92 Å². The zero-order chi connectivity index (χ0) is 20.4. The summed E-state index contributed by atoms with van der Waals surface area (Å²) in [5.74, 6) is 0.576. The molecule has 148 valence electrons. The number of carboxylic acid groups (broad SMARTS) is 1. The lowest BCUT2D eigenvalue weighted by Gasteiger charge is -2.12. The Hall–Kier alpha value is -2.31. The van der Waals surface area contributed by atoms with Crippen LogP contribution in [0.3, 0.4) is 0 Å². The predicted molar refractivity (Wildman–Crippen MR) is 107 cm³/mol. The number of halogens is 3. The van der Waals surface area contributed by atoms with Crippen LogP contribution in [-0.2, 0) is 17.6 Å². The van der Waals surface area contributed by atoms with Gasteiger partial charge in [-0.1, -0.05) is 37.0 Å². The van der Waals surface area contributed by atoms with Crippen molar-refractivity contribution in [1.29, 1.82) is 0 Å². The second-order valence-corrected chi connectivity index (χ2v) is 7.78. The minimum absolute atomic E-state index is 0.169. The van der Waals surface area contributed by atoms with Crippen LogP contribution in [-0.4, -0.2) is 27.2 Å². The van der Waals surface area contributed by atoms with E-state index in [1.54, 1.807) is 12.1 Å². The Morgan fingerprint density at radius 2 is 1.89 bits per heavy atom. The van der Waals surface area contributed by atoms with E-state index in [0.717, 1.165) is 23.3 Å². The normalized spacial score (nSPS) is 12.5. The number of nitrogens with zero attached hydrogens (tertiary/aromatic N) is 1. The van der Waals surface area contributed by atoms with Crippen LogP contribution < -0.4 is 4.74 Å². The van der Waals surface area contributed by atoms with Gasteiger partial charge >= 0.3 is 5.97 Å². The lowest BCUT2D eigenvalue weighted by Crippen LogP contribution is -2.17. The smallest absolute Gasteiger partial charge is 0.338 e. The summed E-state index contributed by atoms with van der Waals surface area (Å²) in [7, 11) is 0. The van der Waals surface area contributed by atoms with Crippen LogP contribution in [0, 0.1) is 5.92 Å². The number of aliphatic carboxylic acids is 1. The van der Waals surface area contributed by atoms with Crippen LogP contribution in [0.25, 0.3) is 11.0 Å². The zero-order valence-electron chi connectivity index (χ0n) is 15.3. The van der Waals surface area contributed by atoms with E-state index in [2.05, 4.69) is 23.8 Å². The number of H-pyrrole nitrogens is 1. The summed E-state index contributed by atoms with van der Waals surface area (Å²) in [6.07, 6.45) is -1.51. The summed E-state index contributed by atoms with van der Waals surface area (Å²) in [6, 6.07) is 8.30. The van der Waals surface area contributed by atoms with Crippen molar-refractivity contribution in [3.63, 3.8) is 0 Å². The molecule has 1 heterocycles. The van der Waals surface area contributed by atoms with E-state index >= 15 is 0 Å². The van der Waals surface area contributed by atoms with Crippen LogP contribution in [0.15, 0.2) is 30.3 Å². The van der Waals surface area contributed by atoms with Gasteiger partial charge in [0.25, 0.3) is 0 Å². The molecule has 0 saturated heterocycles. The van der Waals surface area contributed by atoms with Crippen molar-refractivity contribution < 1.29 is 19.0 Å². The van der Waals surface area contributed by atoms with E-state index in [0.29, 0.717) is 17.2 Å². The number of rotatable bonds is 7. The highest BCUT2D eigenvalue weighted by atomic mass is 35.5. The van der Waals surface area contributed by atoms with E-state index < -0.39 is 12.1 Å². The summed E-state index contributed by atoms with van der Waals surface area (Å²) in [6.45, 7) is 4.24. The summed E-state index contributed by atoms with van der Waals surface area (Å²) < 4.78 is 19.2. The molecule has 0 aliphatic rings. The number of hydrogen-bond acceptors (Lipinski definition) is 3. The topological polar surface area (TPSA) is 75.2 Å². The lowest BCUT2D eigenvalue weighted by atomic mass is 10.1. The van der Waals surface area contributed by atoms with E-state index in [4.69, 9.17) is 33.0 Å². The fraction of sp³-hybridized carbons (Fsp3) is 0.300. The van der Waals surface area contributed by atoms with Gasteiger partial charge in [-0.2, -0.15) is 0 Å². The predicted octanol–water partition coefficient (Wildman–Crippen LogP) is 5.83. The number of nitrogens with one attached hydrogen (secondary N) is 1. The van der Waals surface area contributed by atoms with Gasteiger partial charge < -0.3 is 14.8 Å². The maximum absolute atomic E-state index is 13.4. The van der Waals surface area contributed by atoms with E-state index in [-0.39, 0.29) is 22.2 Å². The van der Waals surface area contributed by atoms with Gasteiger partial charge in [-0.05, 0) is 35.7 Å². The second kappa shape index (κ2) is 8.37. The zero-order valence-corrected chi connectivity index (χ0v) is 16.8. The van der Waals surface area contributed by atoms with Gasteiger partial charge in [-0.3, -0.25) is 0 Å². The third kappa shape index (κ3) is 4.75. The molecule has 1 unspecified atom stereocenters. The molecular weight excluding hydrogens is 406 g/mol. The minimum atomic E-state index is -2.03. The number of carbonyl (C=O) groups is 1. The standard InChI is InChI=1S/C20H19Cl2FN2O3/c1-10(2)5-18-24-16-4-3-12(9-17(16)25-18)28-19-13(21)6-11(7-14(19)22)8-15(23)20(26)27/h3-4,6-7,9-10,15H,5,8H2,1-2H3,(H,24,25)(H,26,27). The highest BCUT2D eigenvalue weighted by Gasteiger charge is 2.19. The second-order valence-electron chi connectivity index (χ2n) is 6.96. The third-order valence-electron chi connectivity index (χ3n) is 4.07. The quantitative estimate of drug-likeness (QED) is 0.500. The maximum atomic E-state index is 13.4. The molecule has 3 aromatic rings. The number of imidazole rings is 1. The average Bonchev–Trinajstić information content (AvgIpc) is 2.98. The number of aromatic nitrogens is 2. The molecule has 0 fully saturated rings. The minimum Gasteiger partial charge on any atom is -0.479 e. The maximum Gasteiger partial charge on any atom is 0.338 e. The van der Waals surface area contributed by atoms with Gasteiger partial charge in [0.2, 0.25) is 6.17 Å². The van der Waals surface area contributed by atoms with Crippen molar-refractivity contribution in [3.8, 4) is 11.5 Å². The first-order chi connectivity index (χ1) is 13.2. The summed E-state index contributed by atoms with van der Waals surface area (Å²) in [4.78, 5) is 18.5. The molecule has 0 radical (unpaired) electrons. The first-order valence-electron chi connectivity index (χ1n) is 8.74. The molecule has 8 heteroatoms. The first-order valence-corrected chi connectivity index (χ1v) is 9.50. The van der Waals surface area contributed by atoms with Crippen molar-refractivity contribution in [2.45, 2.75) is 32.9 Å². The first kappa shape index (κ1) is 20.4. The lowest BCUT2D eigenvalue weighted by molar-refractivity contribution is -0.142. The molecule has 0 amide bonds. The van der Waals surface area contributed by atoms with Gasteiger partial charge in [0.05, 0.1) is 21.1 Å². The van der Waals surface area contributed by atoms with Crippen LogP contribution in [0.2, 0.25) is 10.0 Å². The Bertz CT molecular complexity index is 997. The molecule has 3 rings (SSSR count). The van der Waals surface area contributed by atoms with Gasteiger partial charge in [0, 0.05) is 18.9 Å². The molecule has 0 bridgehead atoms. The Morgan fingerprint density at radius 1 is 1.21 bits per heavy atom. The highest BCUT2D eigenvalue weighted by molar-refractivity contribution is 6.37. The highest BCUT2D eigenvalue weighted by Crippen LogP contribution is 2.38. The van der Waals surface area contributed by atoms with Crippen LogP contribution in [0.5, 0.6) is 11.5 Å². The number of carboxylic acids is 1. The molecule has 5 nitrogen and oxygen atoms in total. The van der Waals surface area contributed by atoms with Crippen molar-refractivity contribution >= 4 is 40.2 Å². The van der Waals surface area contributed by atoms with Gasteiger partial charge in [0.15, 0.2) is 5.75 Å². The number of alkyl halides is 1. The van der Waals surface area contributed by atoms with Crippen molar-refractivity contribution in [2.75, 3.05) is 0 Å². The monoisotopic (exact) mass is 424 g/mol. The number of ether oxygens (including phenoxy) is 1.